The SMILES string of the molecule is CC(C(=O)OC(C)(C)C)N1C=CC=CC1. The largest absolute Gasteiger partial charge is 0.458 e. The van der Waals surface area contributed by atoms with Crippen molar-refractivity contribution in [3.05, 3.63) is 24.4 Å². The Morgan fingerprint density at radius 2 is 2.07 bits per heavy atom. The molecule has 0 aliphatic carbocycles. The Hall–Kier alpha value is -1.25. The lowest BCUT2D eigenvalue weighted by Gasteiger charge is -2.29. The lowest BCUT2D eigenvalue weighted by Crippen LogP contribution is -2.40. The number of esters is 1. The van der Waals surface area contributed by atoms with Gasteiger partial charge in [0.2, 0.25) is 0 Å². The Morgan fingerprint density at radius 1 is 1.40 bits per heavy atom. The van der Waals surface area contributed by atoms with Crippen molar-refractivity contribution in [2.24, 2.45) is 0 Å². The fraction of sp³-hybridized carbons (Fsp3) is 0.583. The molecule has 3 nitrogen and oxygen atoms in total. The summed E-state index contributed by atoms with van der Waals surface area (Å²) in [5.74, 6) is -0.178. The van der Waals surface area contributed by atoms with Gasteiger partial charge < -0.3 is 9.64 Å². The smallest absolute Gasteiger partial charge is 0.328 e. The maximum Gasteiger partial charge on any atom is 0.328 e. The number of rotatable bonds is 2. The molecule has 0 saturated carbocycles. The van der Waals surface area contributed by atoms with E-state index in [1.807, 2.05) is 57.0 Å². The molecule has 0 aromatic rings. The highest BCUT2D eigenvalue weighted by Crippen LogP contribution is 2.12. The van der Waals surface area contributed by atoms with Crippen molar-refractivity contribution in [1.82, 2.24) is 4.90 Å². The number of carbonyl (C=O) groups is 1. The zero-order valence-electron chi connectivity index (χ0n) is 9.86. The van der Waals surface area contributed by atoms with Gasteiger partial charge in [0.1, 0.15) is 11.6 Å². The molecule has 0 spiro atoms. The summed E-state index contributed by atoms with van der Waals surface area (Å²) in [6.07, 6.45) is 7.82. The molecule has 1 unspecified atom stereocenters. The zero-order valence-corrected chi connectivity index (χ0v) is 9.86. The topological polar surface area (TPSA) is 29.5 Å². The highest BCUT2D eigenvalue weighted by atomic mass is 16.6. The molecule has 1 heterocycles. The predicted octanol–water partition coefficient (Wildman–Crippen LogP) is 2.10. The number of allylic oxidation sites excluding steroid dienone is 2. The van der Waals surface area contributed by atoms with Gasteiger partial charge in [0.15, 0.2) is 0 Å². The standard InChI is InChI=1S/C12H19NO2/c1-10(11(14)15-12(2,3)4)13-8-6-5-7-9-13/h5-8,10H,9H2,1-4H3. The fourth-order valence-electron chi connectivity index (χ4n) is 1.29. The Balaban J connectivity index is 2.53. The van der Waals surface area contributed by atoms with Gasteiger partial charge in [-0.2, -0.15) is 0 Å². The van der Waals surface area contributed by atoms with Gasteiger partial charge in [0.05, 0.1) is 0 Å². The fourth-order valence-corrected chi connectivity index (χ4v) is 1.29. The summed E-state index contributed by atoms with van der Waals surface area (Å²) in [6, 6.07) is -0.231. The van der Waals surface area contributed by atoms with E-state index in [1.165, 1.54) is 0 Å². The summed E-state index contributed by atoms with van der Waals surface area (Å²) in [7, 11) is 0. The van der Waals surface area contributed by atoms with E-state index in [0.717, 1.165) is 6.54 Å². The van der Waals surface area contributed by atoms with E-state index in [4.69, 9.17) is 4.74 Å². The summed E-state index contributed by atoms with van der Waals surface area (Å²) in [6.45, 7) is 8.26. The third kappa shape index (κ3) is 3.78. The van der Waals surface area contributed by atoms with Gasteiger partial charge in [-0.05, 0) is 33.8 Å². The number of hydrogen-bond donors (Lipinski definition) is 0. The molecule has 84 valence electrons. The van der Waals surface area contributed by atoms with Gasteiger partial charge in [-0.25, -0.2) is 4.79 Å². The van der Waals surface area contributed by atoms with Crippen molar-refractivity contribution in [2.75, 3.05) is 6.54 Å². The van der Waals surface area contributed by atoms with E-state index < -0.39 is 5.60 Å². The van der Waals surface area contributed by atoms with Crippen LogP contribution in [0.3, 0.4) is 0 Å². The maximum absolute atomic E-state index is 11.7. The lowest BCUT2D eigenvalue weighted by molar-refractivity contribution is -0.159. The molecule has 1 aliphatic rings. The van der Waals surface area contributed by atoms with Crippen molar-refractivity contribution < 1.29 is 9.53 Å². The first-order valence-electron chi connectivity index (χ1n) is 5.22. The van der Waals surface area contributed by atoms with Gasteiger partial charge in [0, 0.05) is 12.7 Å². The Kier molecular flexibility index (Phi) is 3.56. The van der Waals surface area contributed by atoms with Crippen LogP contribution in [0.25, 0.3) is 0 Å². The van der Waals surface area contributed by atoms with Crippen LogP contribution in [0.15, 0.2) is 24.4 Å². The third-order valence-corrected chi connectivity index (χ3v) is 2.09. The molecule has 0 amide bonds. The van der Waals surface area contributed by atoms with Crippen LogP contribution in [-0.2, 0) is 9.53 Å². The highest BCUT2D eigenvalue weighted by Gasteiger charge is 2.24. The molecule has 0 aromatic carbocycles. The van der Waals surface area contributed by atoms with Crippen molar-refractivity contribution in [2.45, 2.75) is 39.3 Å². The lowest BCUT2D eigenvalue weighted by atomic mass is 10.2. The molecule has 0 N–H and O–H groups in total. The molecule has 1 atom stereocenters. The number of ether oxygens (including phenoxy) is 1. The predicted molar refractivity (Wildman–Crippen MR) is 60.3 cm³/mol. The number of hydrogen-bond acceptors (Lipinski definition) is 3. The van der Waals surface area contributed by atoms with E-state index in [0.29, 0.717) is 0 Å². The normalized spacial score (nSPS) is 17.7. The minimum atomic E-state index is -0.416. The number of carbonyl (C=O) groups excluding carboxylic acids is 1. The minimum Gasteiger partial charge on any atom is -0.458 e. The van der Waals surface area contributed by atoms with Crippen LogP contribution >= 0.6 is 0 Å². The first-order valence-corrected chi connectivity index (χ1v) is 5.22. The van der Waals surface area contributed by atoms with E-state index in [9.17, 15) is 4.79 Å². The first kappa shape index (κ1) is 11.8. The molecule has 15 heavy (non-hydrogen) atoms. The average molecular weight is 209 g/mol. The van der Waals surface area contributed by atoms with E-state index in [-0.39, 0.29) is 12.0 Å². The molecule has 0 fully saturated rings. The molecule has 0 aromatic heterocycles. The van der Waals surface area contributed by atoms with Gasteiger partial charge in [-0.15, -0.1) is 0 Å². The van der Waals surface area contributed by atoms with Crippen LogP contribution < -0.4 is 0 Å². The summed E-state index contributed by atoms with van der Waals surface area (Å²) in [5, 5.41) is 0. The molecule has 1 aliphatic heterocycles. The Bertz CT molecular complexity index is 286. The van der Waals surface area contributed by atoms with E-state index in [1.54, 1.807) is 0 Å². The molecular weight excluding hydrogens is 190 g/mol. The van der Waals surface area contributed by atoms with Crippen LogP contribution in [0.4, 0.5) is 0 Å². The van der Waals surface area contributed by atoms with E-state index >= 15 is 0 Å². The van der Waals surface area contributed by atoms with Crippen LogP contribution in [0.2, 0.25) is 0 Å². The zero-order chi connectivity index (χ0) is 11.5. The summed E-state index contributed by atoms with van der Waals surface area (Å²) >= 11 is 0. The first-order chi connectivity index (χ1) is 6.90. The van der Waals surface area contributed by atoms with Gasteiger partial charge in [0.25, 0.3) is 0 Å². The molecular formula is C12H19NO2. The number of nitrogens with zero attached hydrogens (tertiary/aromatic N) is 1. The second kappa shape index (κ2) is 4.51. The molecule has 0 saturated heterocycles. The second-order valence-electron chi connectivity index (χ2n) is 4.68. The van der Waals surface area contributed by atoms with Gasteiger partial charge in [-0.3, -0.25) is 0 Å². The summed E-state index contributed by atoms with van der Waals surface area (Å²) in [5.41, 5.74) is -0.416. The highest BCUT2D eigenvalue weighted by molar-refractivity contribution is 5.76. The maximum atomic E-state index is 11.7. The van der Waals surface area contributed by atoms with Crippen LogP contribution in [0, 0.1) is 0 Å². The van der Waals surface area contributed by atoms with Crippen molar-refractivity contribution in [1.29, 1.82) is 0 Å². The van der Waals surface area contributed by atoms with Crippen LogP contribution in [-0.4, -0.2) is 29.1 Å². The molecule has 0 bridgehead atoms. The molecule has 1 rings (SSSR count). The van der Waals surface area contributed by atoms with E-state index in [2.05, 4.69) is 0 Å². The second-order valence-corrected chi connectivity index (χ2v) is 4.68. The molecule has 3 heteroatoms. The van der Waals surface area contributed by atoms with Crippen molar-refractivity contribution >= 4 is 5.97 Å². The average Bonchev–Trinajstić information content (AvgIpc) is 2.15. The summed E-state index contributed by atoms with van der Waals surface area (Å²) < 4.78 is 5.31. The Labute approximate surface area is 91.4 Å². The summed E-state index contributed by atoms with van der Waals surface area (Å²) in [4.78, 5) is 13.7. The third-order valence-electron chi connectivity index (χ3n) is 2.09. The van der Waals surface area contributed by atoms with Crippen molar-refractivity contribution in [3.63, 3.8) is 0 Å². The van der Waals surface area contributed by atoms with Crippen molar-refractivity contribution in [3.8, 4) is 0 Å². The molecule has 0 radical (unpaired) electrons. The Morgan fingerprint density at radius 3 is 2.53 bits per heavy atom. The van der Waals surface area contributed by atoms with Gasteiger partial charge >= 0.3 is 5.97 Å². The quantitative estimate of drug-likeness (QED) is 0.652. The van der Waals surface area contributed by atoms with Gasteiger partial charge in [-0.1, -0.05) is 12.2 Å². The monoisotopic (exact) mass is 209 g/mol. The van der Waals surface area contributed by atoms with Crippen LogP contribution in [0.5, 0.6) is 0 Å². The van der Waals surface area contributed by atoms with Crippen LogP contribution in [0.1, 0.15) is 27.7 Å². The minimum absolute atomic E-state index is 0.178.